The van der Waals surface area contributed by atoms with Gasteiger partial charge in [-0.1, -0.05) is 68.4 Å². The summed E-state index contributed by atoms with van der Waals surface area (Å²) in [5.41, 5.74) is 4.85. The largest absolute Gasteiger partial charge is 0.255 e. The zero-order valence-electron chi connectivity index (χ0n) is 13.9. The van der Waals surface area contributed by atoms with Crippen molar-refractivity contribution >= 4 is 21.4 Å². The van der Waals surface area contributed by atoms with Crippen LogP contribution >= 0.6 is 11.3 Å². The minimum Gasteiger partial charge on any atom is -0.255 e. The molecule has 4 aromatic rings. The molecule has 24 heavy (non-hydrogen) atoms. The number of thiophene rings is 1. The lowest BCUT2D eigenvalue weighted by Crippen LogP contribution is -1.85. The molecule has 0 radical (unpaired) electrons. The van der Waals surface area contributed by atoms with Crippen LogP contribution in [0.15, 0.2) is 72.9 Å². The van der Waals surface area contributed by atoms with Crippen molar-refractivity contribution in [2.45, 2.75) is 19.8 Å². The number of rotatable bonds is 3. The van der Waals surface area contributed by atoms with Gasteiger partial charge in [0.15, 0.2) is 0 Å². The molecular formula is C22H19NS. The summed E-state index contributed by atoms with van der Waals surface area (Å²) in [7, 11) is 0. The Morgan fingerprint density at radius 1 is 0.833 bits per heavy atom. The first kappa shape index (κ1) is 15.1. The van der Waals surface area contributed by atoms with Gasteiger partial charge in [-0.25, -0.2) is 0 Å². The van der Waals surface area contributed by atoms with E-state index in [1.807, 2.05) is 12.3 Å². The third kappa shape index (κ3) is 2.85. The van der Waals surface area contributed by atoms with E-state index in [1.165, 1.54) is 26.1 Å². The summed E-state index contributed by atoms with van der Waals surface area (Å²) >= 11 is 1.81. The van der Waals surface area contributed by atoms with Crippen molar-refractivity contribution in [2.24, 2.45) is 0 Å². The predicted molar refractivity (Wildman–Crippen MR) is 105 cm³/mol. The van der Waals surface area contributed by atoms with E-state index in [-0.39, 0.29) is 0 Å². The molecule has 0 aliphatic carbocycles. The van der Waals surface area contributed by atoms with Crippen LogP contribution in [0.1, 0.15) is 25.3 Å². The van der Waals surface area contributed by atoms with Crippen LogP contribution < -0.4 is 0 Å². The Labute approximate surface area is 146 Å². The lowest BCUT2D eigenvalue weighted by molar-refractivity contribution is 0.867. The number of hydrogen-bond acceptors (Lipinski definition) is 2. The molecule has 0 amide bonds. The maximum Gasteiger partial charge on any atom is 0.0709 e. The van der Waals surface area contributed by atoms with E-state index in [9.17, 15) is 0 Å². The van der Waals surface area contributed by atoms with Gasteiger partial charge >= 0.3 is 0 Å². The lowest BCUT2D eigenvalue weighted by Gasteiger charge is -2.05. The van der Waals surface area contributed by atoms with E-state index in [4.69, 9.17) is 0 Å². The van der Waals surface area contributed by atoms with Crippen molar-refractivity contribution in [1.29, 1.82) is 0 Å². The average molecular weight is 329 g/mol. The molecule has 1 nitrogen and oxygen atoms in total. The van der Waals surface area contributed by atoms with Crippen molar-refractivity contribution in [3.8, 4) is 21.7 Å². The van der Waals surface area contributed by atoms with Gasteiger partial charge in [0.05, 0.1) is 10.4 Å². The predicted octanol–water partition coefficient (Wildman–Crippen LogP) is 6.75. The fourth-order valence-corrected chi connectivity index (χ4v) is 3.90. The van der Waals surface area contributed by atoms with Crippen molar-refractivity contribution in [1.82, 2.24) is 4.98 Å². The van der Waals surface area contributed by atoms with Gasteiger partial charge in [-0.15, -0.1) is 11.3 Å². The van der Waals surface area contributed by atoms with Gasteiger partial charge in [-0.2, -0.15) is 0 Å². The fraction of sp³-hybridized carbons (Fsp3) is 0.136. The van der Waals surface area contributed by atoms with Gasteiger partial charge in [0.1, 0.15) is 0 Å². The Balaban J connectivity index is 1.73. The van der Waals surface area contributed by atoms with E-state index in [2.05, 4.69) is 79.5 Å². The molecule has 0 saturated carbocycles. The van der Waals surface area contributed by atoms with Crippen molar-refractivity contribution in [3.05, 3.63) is 78.5 Å². The maximum atomic E-state index is 4.63. The quantitative estimate of drug-likeness (QED) is 0.405. The van der Waals surface area contributed by atoms with Crippen LogP contribution in [-0.2, 0) is 0 Å². The zero-order valence-corrected chi connectivity index (χ0v) is 14.7. The van der Waals surface area contributed by atoms with Crippen LogP contribution in [0.3, 0.4) is 0 Å². The zero-order chi connectivity index (χ0) is 16.5. The Morgan fingerprint density at radius 3 is 2.29 bits per heavy atom. The highest BCUT2D eigenvalue weighted by Crippen LogP contribution is 2.35. The summed E-state index contributed by atoms with van der Waals surface area (Å²) in [6.45, 7) is 4.45. The van der Waals surface area contributed by atoms with E-state index in [0.717, 1.165) is 11.3 Å². The van der Waals surface area contributed by atoms with E-state index in [0.29, 0.717) is 5.92 Å². The van der Waals surface area contributed by atoms with Gasteiger partial charge in [0, 0.05) is 16.6 Å². The third-order valence-corrected chi connectivity index (χ3v) is 5.47. The monoisotopic (exact) mass is 329 g/mol. The Hall–Kier alpha value is -2.45. The van der Waals surface area contributed by atoms with Crippen LogP contribution in [-0.4, -0.2) is 4.98 Å². The molecule has 0 spiro atoms. The van der Waals surface area contributed by atoms with Crippen LogP contribution in [0, 0.1) is 0 Å². The van der Waals surface area contributed by atoms with Gasteiger partial charge < -0.3 is 0 Å². The van der Waals surface area contributed by atoms with E-state index < -0.39 is 0 Å². The molecule has 0 atom stereocenters. The second-order valence-corrected chi connectivity index (χ2v) is 7.44. The minimum absolute atomic E-state index is 0.569. The molecule has 2 heterocycles. The van der Waals surface area contributed by atoms with Gasteiger partial charge in [0.2, 0.25) is 0 Å². The Morgan fingerprint density at radius 2 is 1.58 bits per heavy atom. The minimum atomic E-state index is 0.569. The number of hydrogen-bond donors (Lipinski definition) is 0. The number of nitrogens with zero attached hydrogens (tertiary/aromatic N) is 1. The van der Waals surface area contributed by atoms with Crippen LogP contribution in [0.5, 0.6) is 0 Å². The van der Waals surface area contributed by atoms with Crippen LogP contribution in [0.4, 0.5) is 0 Å². The SMILES string of the molecule is CC(C)c1ccc(-c2cc3cc(-c4ccccc4)ncc3s2)cc1. The molecule has 4 rings (SSSR count). The molecule has 2 aromatic carbocycles. The Bertz CT molecular complexity index is 966. The standard InChI is InChI=1S/C22H19NS/c1-15(2)16-8-10-18(11-9-16)21-13-19-12-20(23-14-22(19)24-21)17-6-4-3-5-7-17/h3-15H,1-2H3. The highest BCUT2D eigenvalue weighted by Gasteiger charge is 2.08. The summed E-state index contributed by atoms with van der Waals surface area (Å²) in [5.74, 6) is 0.569. The number of fused-ring (bicyclic) bond motifs is 1. The molecule has 118 valence electrons. The molecule has 0 saturated heterocycles. The number of pyridine rings is 1. The van der Waals surface area contributed by atoms with E-state index in [1.54, 1.807) is 11.3 Å². The third-order valence-electron chi connectivity index (χ3n) is 4.34. The molecular weight excluding hydrogens is 310 g/mol. The van der Waals surface area contributed by atoms with Crippen LogP contribution in [0.25, 0.3) is 31.8 Å². The number of aromatic nitrogens is 1. The van der Waals surface area contributed by atoms with Gasteiger partial charge in [-0.3, -0.25) is 4.98 Å². The van der Waals surface area contributed by atoms with Crippen molar-refractivity contribution < 1.29 is 0 Å². The summed E-state index contributed by atoms with van der Waals surface area (Å²) in [6, 6.07) is 23.7. The molecule has 0 fully saturated rings. The summed E-state index contributed by atoms with van der Waals surface area (Å²) in [5, 5.41) is 1.26. The second-order valence-electron chi connectivity index (χ2n) is 6.36. The van der Waals surface area contributed by atoms with Crippen LogP contribution in [0.2, 0.25) is 0 Å². The second kappa shape index (κ2) is 6.21. The molecule has 0 unspecified atom stereocenters. The molecule has 0 aliphatic rings. The lowest BCUT2D eigenvalue weighted by atomic mass is 10.0. The Kier molecular flexibility index (Phi) is 3.91. The molecule has 2 aromatic heterocycles. The average Bonchev–Trinajstić information content (AvgIpc) is 3.06. The first-order chi connectivity index (χ1) is 11.7. The summed E-state index contributed by atoms with van der Waals surface area (Å²) in [6.07, 6.45) is 1.99. The highest BCUT2D eigenvalue weighted by atomic mass is 32.1. The topological polar surface area (TPSA) is 12.9 Å². The number of benzene rings is 2. The molecule has 0 N–H and O–H groups in total. The molecule has 2 heteroatoms. The van der Waals surface area contributed by atoms with E-state index >= 15 is 0 Å². The first-order valence-corrected chi connectivity index (χ1v) is 9.08. The van der Waals surface area contributed by atoms with Gasteiger partial charge in [-0.05, 0) is 34.6 Å². The summed E-state index contributed by atoms with van der Waals surface area (Å²) < 4.78 is 1.23. The smallest absolute Gasteiger partial charge is 0.0709 e. The highest BCUT2D eigenvalue weighted by molar-refractivity contribution is 7.22. The molecule has 0 aliphatic heterocycles. The first-order valence-electron chi connectivity index (χ1n) is 8.26. The van der Waals surface area contributed by atoms with Gasteiger partial charge in [0.25, 0.3) is 0 Å². The van der Waals surface area contributed by atoms with Crippen molar-refractivity contribution in [2.75, 3.05) is 0 Å². The summed E-state index contributed by atoms with van der Waals surface area (Å²) in [4.78, 5) is 5.93. The normalized spacial score (nSPS) is 11.3. The molecule has 0 bridgehead atoms. The maximum absolute atomic E-state index is 4.63. The fourth-order valence-electron chi connectivity index (χ4n) is 2.89. The van der Waals surface area contributed by atoms with Crippen molar-refractivity contribution in [3.63, 3.8) is 0 Å².